The largest absolute Gasteiger partial charge is 0.465 e. The van der Waals surface area contributed by atoms with Crippen LogP contribution in [-0.2, 0) is 13.1 Å². The number of nitrogens with zero attached hydrogens (tertiary/aromatic N) is 2. The molecule has 2 aromatic heterocycles. The molecule has 5 heteroatoms. The normalized spacial score (nSPS) is 11.5. The fraction of sp³-hybridized carbons (Fsp3) is 0.130. The van der Waals surface area contributed by atoms with Gasteiger partial charge in [-0.15, -0.1) is 0 Å². The molecule has 0 saturated heterocycles. The lowest BCUT2D eigenvalue weighted by Crippen LogP contribution is -2.24. The van der Waals surface area contributed by atoms with E-state index in [4.69, 9.17) is 15.1 Å². The lowest BCUT2D eigenvalue weighted by Gasteiger charge is -2.12. The maximum Gasteiger partial charge on any atom is 0.261 e. The highest BCUT2D eigenvalue weighted by Crippen LogP contribution is 2.15. The highest BCUT2D eigenvalue weighted by molar-refractivity contribution is 5.80. The van der Waals surface area contributed by atoms with Crippen molar-refractivity contribution in [3.63, 3.8) is 0 Å². The number of hydrogen-bond acceptors (Lipinski definition) is 4. The van der Waals surface area contributed by atoms with Crippen LogP contribution in [0.2, 0.25) is 0 Å². The van der Waals surface area contributed by atoms with Gasteiger partial charge in [-0.1, -0.05) is 35.9 Å². The number of aryl methyl sites for hydroxylation is 1. The van der Waals surface area contributed by atoms with Crippen LogP contribution in [0.1, 0.15) is 28.3 Å². The Bertz CT molecular complexity index is 1200. The van der Waals surface area contributed by atoms with Gasteiger partial charge >= 0.3 is 0 Å². The van der Waals surface area contributed by atoms with E-state index in [9.17, 15) is 4.79 Å². The summed E-state index contributed by atoms with van der Waals surface area (Å²) in [5, 5.41) is 0.616. The molecular weight excluding hydrogens is 350 g/mol. The van der Waals surface area contributed by atoms with E-state index in [1.807, 2.05) is 73.7 Å². The Balaban J connectivity index is 1.86. The predicted molar refractivity (Wildman–Crippen MR) is 112 cm³/mol. The Morgan fingerprint density at radius 1 is 1.07 bits per heavy atom. The van der Waals surface area contributed by atoms with Crippen molar-refractivity contribution in [3.8, 4) is 0 Å². The molecule has 0 spiro atoms. The first kappa shape index (κ1) is 17.9. The number of fused-ring (bicyclic) bond motifs is 1. The fourth-order valence-corrected chi connectivity index (χ4v) is 3.21. The minimum Gasteiger partial charge on any atom is -0.465 e. The molecule has 5 nitrogen and oxygen atoms in total. The van der Waals surface area contributed by atoms with E-state index in [0.29, 0.717) is 35.6 Å². The van der Waals surface area contributed by atoms with Gasteiger partial charge in [-0.25, -0.2) is 4.98 Å². The topological polar surface area (TPSA) is 74.1 Å². The van der Waals surface area contributed by atoms with E-state index in [-0.39, 0.29) is 5.56 Å². The summed E-state index contributed by atoms with van der Waals surface area (Å²) in [7, 11) is 0. The number of hydrogen-bond donors (Lipinski definition) is 1. The second kappa shape index (κ2) is 7.66. The third-order valence-corrected chi connectivity index (χ3v) is 4.65. The van der Waals surface area contributed by atoms with Crippen LogP contribution in [0, 0.1) is 6.92 Å². The van der Waals surface area contributed by atoms with E-state index < -0.39 is 0 Å². The molecule has 0 bridgehead atoms. The Labute approximate surface area is 162 Å². The van der Waals surface area contributed by atoms with E-state index in [1.54, 1.807) is 10.8 Å². The Morgan fingerprint density at radius 2 is 1.93 bits per heavy atom. The summed E-state index contributed by atoms with van der Waals surface area (Å²) in [4.78, 5) is 18.0. The Morgan fingerprint density at radius 3 is 2.71 bits per heavy atom. The van der Waals surface area contributed by atoms with Gasteiger partial charge in [0.2, 0.25) is 0 Å². The van der Waals surface area contributed by atoms with Crippen LogP contribution in [0.4, 0.5) is 0 Å². The van der Waals surface area contributed by atoms with Crippen LogP contribution in [0.3, 0.4) is 0 Å². The molecule has 0 aliphatic heterocycles. The molecule has 2 aromatic carbocycles. The molecule has 4 aromatic rings. The molecule has 0 unspecified atom stereocenters. The molecular formula is C23H21N3O2. The number of nitrogens with two attached hydrogens (primary N) is 1. The second-order valence-electron chi connectivity index (χ2n) is 6.75. The minimum atomic E-state index is -0.0639. The number of benzene rings is 2. The fourth-order valence-electron chi connectivity index (χ4n) is 3.21. The number of rotatable bonds is 5. The quantitative estimate of drug-likeness (QED) is 0.576. The zero-order chi connectivity index (χ0) is 19.5. The average Bonchev–Trinajstić information content (AvgIpc) is 3.23. The van der Waals surface area contributed by atoms with Crippen LogP contribution in [0.25, 0.3) is 23.1 Å². The number of aromatic nitrogens is 2. The molecule has 28 heavy (non-hydrogen) atoms. The van der Waals surface area contributed by atoms with E-state index in [0.717, 1.165) is 16.7 Å². The molecule has 4 rings (SSSR count). The summed E-state index contributed by atoms with van der Waals surface area (Å²) in [6, 6.07) is 17.4. The van der Waals surface area contributed by atoms with E-state index >= 15 is 0 Å². The van der Waals surface area contributed by atoms with Crippen LogP contribution in [0.15, 0.2) is 70.1 Å². The van der Waals surface area contributed by atoms with Crippen LogP contribution >= 0.6 is 0 Å². The SMILES string of the molecule is Cc1ccc2nc(C=Cc3ccco3)n(Cc3cccc(CN)c3)c(=O)c2c1. The molecule has 0 fully saturated rings. The molecule has 0 saturated carbocycles. The van der Waals surface area contributed by atoms with Gasteiger partial charge in [0.1, 0.15) is 11.6 Å². The molecule has 140 valence electrons. The summed E-state index contributed by atoms with van der Waals surface area (Å²) >= 11 is 0. The van der Waals surface area contributed by atoms with Gasteiger partial charge in [0.05, 0.1) is 23.7 Å². The Kier molecular flexibility index (Phi) is 4.91. The first-order chi connectivity index (χ1) is 13.6. The van der Waals surface area contributed by atoms with Crippen molar-refractivity contribution in [2.75, 3.05) is 0 Å². The molecule has 0 radical (unpaired) electrons. The van der Waals surface area contributed by atoms with Crippen molar-refractivity contribution >= 4 is 23.1 Å². The van der Waals surface area contributed by atoms with Crippen molar-refractivity contribution in [2.24, 2.45) is 5.73 Å². The molecule has 0 aliphatic rings. The first-order valence-corrected chi connectivity index (χ1v) is 9.15. The van der Waals surface area contributed by atoms with E-state index in [1.165, 1.54) is 0 Å². The van der Waals surface area contributed by atoms with Gasteiger partial charge in [0, 0.05) is 6.54 Å². The lowest BCUT2D eigenvalue weighted by atomic mass is 10.1. The second-order valence-corrected chi connectivity index (χ2v) is 6.75. The van der Waals surface area contributed by atoms with Crippen LogP contribution < -0.4 is 11.3 Å². The summed E-state index contributed by atoms with van der Waals surface area (Å²) < 4.78 is 7.05. The van der Waals surface area contributed by atoms with Gasteiger partial charge in [0.15, 0.2) is 0 Å². The van der Waals surface area contributed by atoms with Crippen LogP contribution in [0.5, 0.6) is 0 Å². The zero-order valence-corrected chi connectivity index (χ0v) is 15.6. The minimum absolute atomic E-state index is 0.0639. The van der Waals surface area contributed by atoms with Crippen LogP contribution in [-0.4, -0.2) is 9.55 Å². The van der Waals surface area contributed by atoms with Crippen molar-refractivity contribution in [1.29, 1.82) is 0 Å². The molecule has 2 N–H and O–H groups in total. The van der Waals surface area contributed by atoms with Gasteiger partial charge in [0.25, 0.3) is 5.56 Å². The smallest absolute Gasteiger partial charge is 0.261 e. The molecule has 0 atom stereocenters. The summed E-state index contributed by atoms with van der Waals surface area (Å²) in [5.74, 6) is 1.28. The highest BCUT2D eigenvalue weighted by Gasteiger charge is 2.11. The third kappa shape index (κ3) is 3.66. The van der Waals surface area contributed by atoms with E-state index in [2.05, 4.69) is 0 Å². The van der Waals surface area contributed by atoms with Crippen molar-refractivity contribution in [2.45, 2.75) is 20.0 Å². The summed E-state index contributed by atoms with van der Waals surface area (Å²) in [5.41, 5.74) is 9.45. The average molecular weight is 371 g/mol. The lowest BCUT2D eigenvalue weighted by molar-refractivity contribution is 0.557. The third-order valence-electron chi connectivity index (χ3n) is 4.65. The maximum atomic E-state index is 13.3. The maximum absolute atomic E-state index is 13.3. The number of furan rings is 1. The van der Waals surface area contributed by atoms with Crippen molar-refractivity contribution in [3.05, 3.63) is 99.5 Å². The van der Waals surface area contributed by atoms with Crippen molar-refractivity contribution < 1.29 is 4.42 Å². The molecule has 0 amide bonds. The monoisotopic (exact) mass is 371 g/mol. The standard InChI is InChI=1S/C23H21N3O2/c1-16-7-9-21-20(12-16)23(27)26(15-18-5-2-4-17(13-18)14-24)22(25-21)10-8-19-6-3-11-28-19/h2-13H,14-15,24H2,1H3. The summed E-state index contributed by atoms with van der Waals surface area (Å²) in [6.45, 7) is 2.85. The first-order valence-electron chi connectivity index (χ1n) is 9.15. The van der Waals surface area contributed by atoms with Crippen molar-refractivity contribution in [1.82, 2.24) is 9.55 Å². The van der Waals surface area contributed by atoms with Gasteiger partial charge in [-0.05, 0) is 54.5 Å². The Hall–Kier alpha value is -3.44. The summed E-state index contributed by atoms with van der Waals surface area (Å²) in [6.07, 6.45) is 5.24. The predicted octanol–water partition coefficient (Wildman–Crippen LogP) is 3.98. The van der Waals surface area contributed by atoms with Gasteiger partial charge < -0.3 is 10.2 Å². The molecule has 2 heterocycles. The van der Waals surface area contributed by atoms with Gasteiger partial charge in [-0.3, -0.25) is 9.36 Å². The molecule has 0 aliphatic carbocycles. The van der Waals surface area contributed by atoms with Gasteiger partial charge in [-0.2, -0.15) is 0 Å². The zero-order valence-electron chi connectivity index (χ0n) is 15.6. The highest BCUT2D eigenvalue weighted by atomic mass is 16.3.